The summed E-state index contributed by atoms with van der Waals surface area (Å²) in [6.45, 7) is 4.08. The molecule has 0 aliphatic carbocycles. The van der Waals surface area contributed by atoms with E-state index in [1.807, 2.05) is 17.9 Å². The summed E-state index contributed by atoms with van der Waals surface area (Å²) >= 11 is 0. The number of aliphatic imine (C=N–C) groups is 1. The van der Waals surface area contributed by atoms with Gasteiger partial charge in [0.25, 0.3) is 0 Å². The minimum atomic E-state index is -0.366. The zero-order valence-corrected chi connectivity index (χ0v) is 14.8. The second-order valence-electron chi connectivity index (χ2n) is 4.98. The summed E-state index contributed by atoms with van der Waals surface area (Å²) in [5.74, 6) is 0.297. The molecule has 0 spiro atoms. The molecule has 0 aromatic heterocycles. The van der Waals surface area contributed by atoms with E-state index in [0.717, 1.165) is 6.54 Å². The Morgan fingerprint density at radius 2 is 2.36 bits per heavy atom. The van der Waals surface area contributed by atoms with E-state index in [1.54, 1.807) is 0 Å². The SMILES string of the molecule is CCNC(=NCc1cc(C#N)ccc1F)N1CC[C@@H](O)C1.I. The van der Waals surface area contributed by atoms with E-state index in [1.165, 1.54) is 18.2 Å². The van der Waals surface area contributed by atoms with E-state index in [0.29, 0.717) is 36.6 Å². The number of nitrogens with one attached hydrogen (secondary N) is 1. The maximum atomic E-state index is 13.7. The fourth-order valence-electron chi connectivity index (χ4n) is 2.29. The molecule has 120 valence electrons. The lowest BCUT2D eigenvalue weighted by Crippen LogP contribution is -2.40. The number of rotatable bonds is 3. The van der Waals surface area contributed by atoms with Crippen molar-refractivity contribution in [3.63, 3.8) is 0 Å². The fraction of sp³-hybridized carbons (Fsp3) is 0.467. The van der Waals surface area contributed by atoms with E-state index in [4.69, 9.17) is 5.26 Å². The van der Waals surface area contributed by atoms with Gasteiger partial charge in [0.05, 0.1) is 24.3 Å². The van der Waals surface area contributed by atoms with E-state index in [9.17, 15) is 9.50 Å². The number of nitriles is 1. The monoisotopic (exact) mass is 418 g/mol. The lowest BCUT2D eigenvalue weighted by atomic mass is 10.1. The first kappa shape index (κ1) is 18.6. The topological polar surface area (TPSA) is 71.7 Å². The largest absolute Gasteiger partial charge is 0.391 e. The van der Waals surface area contributed by atoms with Crippen molar-refractivity contribution in [3.05, 3.63) is 35.1 Å². The lowest BCUT2D eigenvalue weighted by molar-refractivity contribution is 0.188. The Morgan fingerprint density at radius 1 is 1.59 bits per heavy atom. The molecular formula is C15H20FIN4O. The predicted molar refractivity (Wildman–Crippen MR) is 93.5 cm³/mol. The van der Waals surface area contributed by atoms with Crippen molar-refractivity contribution in [1.29, 1.82) is 5.26 Å². The summed E-state index contributed by atoms with van der Waals surface area (Å²) in [6, 6.07) is 6.25. The third-order valence-corrected chi connectivity index (χ3v) is 3.37. The van der Waals surface area contributed by atoms with Crippen molar-refractivity contribution in [2.45, 2.75) is 26.0 Å². The molecular weight excluding hydrogens is 398 g/mol. The number of hydrogen-bond donors (Lipinski definition) is 2. The van der Waals surface area contributed by atoms with E-state index < -0.39 is 0 Å². The van der Waals surface area contributed by atoms with Gasteiger partial charge in [0.2, 0.25) is 0 Å². The second kappa shape index (κ2) is 8.90. The first-order valence-corrected chi connectivity index (χ1v) is 7.04. The molecule has 0 saturated carbocycles. The molecule has 0 bridgehead atoms. The number of guanidine groups is 1. The highest BCUT2D eigenvalue weighted by atomic mass is 127. The standard InChI is InChI=1S/C15H19FN4O.HI/c1-2-18-15(20-6-5-13(21)10-20)19-9-12-7-11(8-17)3-4-14(12)16;/h3-4,7,13,21H,2,5-6,9-10H2,1H3,(H,18,19);1H/t13-;/m1./s1. The van der Waals surface area contributed by atoms with Crippen LogP contribution < -0.4 is 5.32 Å². The summed E-state index contributed by atoms with van der Waals surface area (Å²) < 4.78 is 13.7. The van der Waals surface area contributed by atoms with Crippen LogP contribution >= 0.6 is 24.0 Å². The highest BCUT2D eigenvalue weighted by Crippen LogP contribution is 2.13. The fourth-order valence-corrected chi connectivity index (χ4v) is 2.29. The van der Waals surface area contributed by atoms with Crippen LogP contribution in [0.2, 0.25) is 0 Å². The third-order valence-electron chi connectivity index (χ3n) is 3.37. The molecule has 22 heavy (non-hydrogen) atoms. The molecule has 1 saturated heterocycles. The van der Waals surface area contributed by atoms with Gasteiger partial charge in [-0.15, -0.1) is 24.0 Å². The van der Waals surface area contributed by atoms with E-state index >= 15 is 0 Å². The zero-order valence-electron chi connectivity index (χ0n) is 12.4. The Balaban J connectivity index is 0.00000242. The number of aliphatic hydroxyl groups is 1. The highest BCUT2D eigenvalue weighted by molar-refractivity contribution is 14.0. The third kappa shape index (κ3) is 4.81. The summed E-state index contributed by atoms with van der Waals surface area (Å²) in [5.41, 5.74) is 0.812. The van der Waals surface area contributed by atoms with Crippen molar-refractivity contribution in [1.82, 2.24) is 10.2 Å². The molecule has 1 fully saturated rings. The van der Waals surface area contributed by atoms with Crippen LogP contribution in [-0.2, 0) is 6.54 Å². The minimum Gasteiger partial charge on any atom is -0.391 e. The van der Waals surface area contributed by atoms with Gasteiger partial charge in [-0.05, 0) is 31.5 Å². The second-order valence-corrected chi connectivity index (χ2v) is 4.98. The van der Waals surface area contributed by atoms with Crippen LogP contribution in [0.4, 0.5) is 4.39 Å². The van der Waals surface area contributed by atoms with Crippen LogP contribution in [0.25, 0.3) is 0 Å². The average Bonchev–Trinajstić information content (AvgIpc) is 2.91. The van der Waals surface area contributed by atoms with Gasteiger partial charge >= 0.3 is 0 Å². The molecule has 0 unspecified atom stereocenters. The summed E-state index contributed by atoms with van der Waals surface area (Å²) in [4.78, 5) is 6.37. The van der Waals surface area contributed by atoms with Crippen LogP contribution in [-0.4, -0.2) is 41.7 Å². The van der Waals surface area contributed by atoms with Gasteiger partial charge in [0.15, 0.2) is 5.96 Å². The lowest BCUT2D eigenvalue weighted by Gasteiger charge is -2.21. The number of likely N-dealkylation sites (tertiary alicyclic amines) is 1. The first-order chi connectivity index (χ1) is 10.1. The number of nitrogens with zero attached hydrogens (tertiary/aromatic N) is 3. The molecule has 1 atom stereocenters. The Morgan fingerprint density at radius 3 is 2.95 bits per heavy atom. The maximum absolute atomic E-state index is 13.7. The minimum absolute atomic E-state index is 0. The smallest absolute Gasteiger partial charge is 0.194 e. The number of β-amino-alcohol motifs (C(OH)–C–C–N with tert-alkyl or cyclic N) is 1. The normalized spacial score (nSPS) is 17.8. The summed E-state index contributed by atoms with van der Waals surface area (Å²) in [7, 11) is 0. The van der Waals surface area contributed by atoms with Gasteiger partial charge < -0.3 is 15.3 Å². The van der Waals surface area contributed by atoms with Crippen molar-refractivity contribution < 1.29 is 9.50 Å². The van der Waals surface area contributed by atoms with Crippen molar-refractivity contribution in [2.75, 3.05) is 19.6 Å². The molecule has 1 aliphatic heterocycles. The van der Waals surface area contributed by atoms with Gasteiger partial charge in [0.1, 0.15) is 5.82 Å². The molecule has 5 nitrogen and oxygen atoms in total. The Kier molecular flexibility index (Phi) is 7.55. The predicted octanol–water partition coefficient (Wildman–Crippen LogP) is 1.85. The molecule has 0 radical (unpaired) electrons. The Bertz CT molecular complexity index is 573. The number of halogens is 2. The average molecular weight is 418 g/mol. The maximum Gasteiger partial charge on any atom is 0.194 e. The summed E-state index contributed by atoms with van der Waals surface area (Å²) in [6.07, 6.45) is 0.371. The summed E-state index contributed by atoms with van der Waals surface area (Å²) in [5, 5.41) is 21.6. The van der Waals surface area contributed by atoms with E-state index in [-0.39, 0.29) is 42.4 Å². The molecule has 2 rings (SSSR count). The molecule has 1 aliphatic rings. The molecule has 1 heterocycles. The van der Waals surface area contributed by atoms with Crippen LogP contribution in [0, 0.1) is 17.1 Å². The Hall–Kier alpha value is -1.40. The van der Waals surface area contributed by atoms with Crippen molar-refractivity contribution in [2.24, 2.45) is 4.99 Å². The zero-order chi connectivity index (χ0) is 15.2. The molecule has 1 aromatic rings. The highest BCUT2D eigenvalue weighted by Gasteiger charge is 2.22. The van der Waals surface area contributed by atoms with Gasteiger partial charge in [-0.2, -0.15) is 5.26 Å². The van der Waals surface area contributed by atoms with Gasteiger partial charge in [-0.1, -0.05) is 0 Å². The van der Waals surface area contributed by atoms with Gasteiger partial charge in [0, 0.05) is 25.2 Å². The van der Waals surface area contributed by atoms with Crippen molar-refractivity contribution >= 4 is 29.9 Å². The number of aliphatic hydroxyl groups excluding tert-OH is 1. The van der Waals surface area contributed by atoms with Crippen molar-refractivity contribution in [3.8, 4) is 6.07 Å². The molecule has 0 amide bonds. The van der Waals surface area contributed by atoms with Crippen LogP contribution in [0.3, 0.4) is 0 Å². The van der Waals surface area contributed by atoms with Gasteiger partial charge in [-0.3, -0.25) is 0 Å². The first-order valence-electron chi connectivity index (χ1n) is 7.04. The Labute approximate surface area is 146 Å². The number of benzene rings is 1. The molecule has 1 aromatic carbocycles. The van der Waals surface area contributed by atoms with Crippen LogP contribution in [0.5, 0.6) is 0 Å². The quantitative estimate of drug-likeness (QED) is 0.447. The van der Waals surface area contributed by atoms with Crippen LogP contribution in [0.15, 0.2) is 23.2 Å². The number of hydrogen-bond acceptors (Lipinski definition) is 3. The van der Waals surface area contributed by atoms with Crippen LogP contribution in [0.1, 0.15) is 24.5 Å². The van der Waals surface area contributed by atoms with E-state index in [2.05, 4.69) is 10.3 Å². The molecule has 7 heteroatoms. The van der Waals surface area contributed by atoms with Gasteiger partial charge in [-0.25, -0.2) is 9.38 Å². The molecule has 2 N–H and O–H groups in total.